The van der Waals surface area contributed by atoms with Crippen LogP contribution in [0.4, 0.5) is 0 Å². The van der Waals surface area contributed by atoms with Crippen LogP contribution in [0.2, 0.25) is 0 Å². The van der Waals surface area contributed by atoms with Crippen molar-refractivity contribution >= 4 is 18.0 Å². The first-order valence-electron chi connectivity index (χ1n) is 7.27. The molecule has 1 rings (SSSR count). The zero-order chi connectivity index (χ0) is 16.0. The molecule has 4 nitrogen and oxygen atoms in total. The number of carboxylic acids is 1. The summed E-state index contributed by atoms with van der Waals surface area (Å²) in [5.41, 5.74) is 8.95. The fourth-order valence-electron chi connectivity index (χ4n) is 2.33. The second kappa shape index (κ2) is 7.62. The van der Waals surface area contributed by atoms with Gasteiger partial charge in [-0.3, -0.25) is 4.79 Å². The average molecular weight is 289 g/mol. The monoisotopic (exact) mass is 289 g/mol. The van der Waals surface area contributed by atoms with Crippen molar-refractivity contribution in [3.8, 4) is 0 Å². The number of aromatic carboxylic acids is 1. The van der Waals surface area contributed by atoms with Crippen LogP contribution in [0.15, 0.2) is 17.7 Å². The van der Waals surface area contributed by atoms with E-state index in [0.717, 1.165) is 42.4 Å². The van der Waals surface area contributed by atoms with E-state index in [1.54, 1.807) is 25.1 Å². The van der Waals surface area contributed by atoms with E-state index in [-0.39, 0.29) is 0 Å². The Hall–Kier alpha value is -2.10. The zero-order valence-corrected chi connectivity index (χ0v) is 12.9. The van der Waals surface area contributed by atoms with E-state index < -0.39 is 11.9 Å². The lowest BCUT2D eigenvalue weighted by Crippen LogP contribution is -2.12. The molecule has 1 aromatic carbocycles. The van der Waals surface area contributed by atoms with Gasteiger partial charge in [-0.15, -0.1) is 0 Å². The lowest BCUT2D eigenvalue weighted by molar-refractivity contribution is -0.114. The smallest absolute Gasteiger partial charge is 0.335 e. The van der Waals surface area contributed by atoms with Crippen LogP contribution in [0.5, 0.6) is 0 Å². The van der Waals surface area contributed by atoms with Gasteiger partial charge in [-0.1, -0.05) is 26.7 Å². The largest absolute Gasteiger partial charge is 0.478 e. The standard InChI is InChI=1S/C17H23NO3/c1-4-6-12-9-14(17(20)21)10-13(7-5-2)15(12)8-11(3)16(18)19/h8-10H,4-7H2,1-3H3,(H2,18,19)(H,20,21). The SMILES string of the molecule is CCCc1cc(C(=O)O)cc(CCC)c1C=C(C)C(N)=O. The van der Waals surface area contributed by atoms with Gasteiger partial charge in [0.2, 0.25) is 5.91 Å². The summed E-state index contributed by atoms with van der Waals surface area (Å²) < 4.78 is 0. The second-order valence-corrected chi connectivity index (χ2v) is 5.20. The minimum Gasteiger partial charge on any atom is -0.478 e. The van der Waals surface area contributed by atoms with Crippen LogP contribution in [0.25, 0.3) is 6.08 Å². The van der Waals surface area contributed by atoms with Gasteiger partial charge in [0, 0.05) is 5.57 Å². The minimum atomic E-state index is -0.924. The molecule has 0 aromatic heterocycles. The molecule has 0 atom stereocenters. The summed E-state index contributed by atoms with van der Waals surface area (Å²) in [6.07, 6.45) is 5.14. The molecule has 0 aliphatic carbocycles. The summed E-state index contributed by atoms with van der Waals surface area (Å²) in [5.74, 6) is -1.38. The van der Waals surface area contributed by atoms with Gasteiger partial charge in [0.15, 0.2) is 0 Å². The molecule has 0 saturated carbocycles. The number of rotatable bonds is 7. The molecule has 3 N–H and O–H groups in total. The van der Waals surface area contributed by atoms with Crippen LogP contribution >= 0.6 is 0 Å². The highest BCUT2D eigenvalue weighted by Crippen LogP contribution is 2.24. The molecule has 21 heavy (non-hydrogen) atoms. The maximum absolute atomic E-state index is 11.3. The number of primary amides is 1. The lowest BCUT2D eigenvalue weighted by atomic mass is 9.91. The van der Waals surface area contributed by atoms with Gasteiger partial charge in [0.1, 0.15) is 0 Å². The Balaban J connectivity index is 3.52. The molecule has 0 spiro atoms. The van der Waals surface area contributed by atoms with Crippen molar-refractivity contribution in [3.63, 3.8) is 0 Å². The van der Waals surface area contributed by atoms with Crippen molar-refractivity contribution < 1.29 is 14.7 Å². The second-order valence-electron chi connectivity index (χ2n) is 5.20. The Morgan fingerprint density at radius 1 is 1.14 bits per heavy atom. The van der Waals surface area contributed by atoms with Gasteiger partial charge in [0.25, 0.3) is 0 Å². The molecule has 0 fully saturated rings. The number of hydrogen-bond donors (Lipinski definition) is 2. The Morgan fingerprint density at radius 3 is 1.95 bits per heavy atom. The third-order valence-corrected chi connectivity index (χ3v) is 3.39. The maximum atomic E-state index is 11.3. The van der Waals surface area contributed by atoms with Crippen molar-refractivity contribution in [2.45, 2.75) is 46.5 Å². The molecular formula is C17H23NO3. The topological polar surface area (TPSA) is 80.4 Å². The van der Waals surface area contributed by atoms with Crippen LogP contribution in [0.3, 0.4) is 0 Å². The number of carbonyl (C=O) groups excluding carboxylic acids is 1. The van der Waals surface area contributed by atoms with Crippen molar-refractivity contribution in [2.24, 2.45) is 5.73 Å². The van der Waals surface area contributed by atoms with E-state index >= 15 is 0 Å². The molecule has 0 unspecified atom stereocenters. The predicted octanol–water partition coefficient (Wildman–Crippen LogP) is 3.18. The summed E-state index contributed by atoms with van der Waals surface area (Å²) in [6.45, 7) is 5.77. The van der Waals surface area contributed by atoms with Crippen LogP contribution < -0.4 is 5.73 Å². The Morgan fingerprint density at radius 2 is 1.62 bits per heavy atom. The normalized spacial score (nSPS) is 11.5. The van der Waals surface area contributed by atoms with Crippen LogP contribution in [-0.2, 0) is 17.6 Å². The first-order chi connectivity index (χ1) is 9.90. The summed E-state index contributed by atoms with van der Waals surface area (Å²) >= 11 is 0. The minimum absolute atomic E-state index is 0.302. The van der Waals surface area contributed by atoms with Crippen molar-refractivity contribution in [2.75, 3.05) is 0 Å². The molecule has 0 aliphatic rings. The average Bonchev–Trinajstić information content (AvgIpc) is 2.41. The molecule has 0 bridgehead atoms. The highest BCUT2D eigenvalue weighted by molar-refractivity contribution is 5.96. The number of nitrogens with two attached hydrogens (primary N) is 1. The van der Waals surface area contributed by atoms with Gasteiger partial charge in [-0.25, -0.2) is 4.79 Å². The van der Waals surface area contributed by atoms with E-state index in [1.807, 2.05) is 13.8 Å². The summed E-state index contributed by atoms with van der Waals surface area (Å²) in [5, 5.41) is 9.24. The number of amides is 1. The highest BCUT2D eigenvalue weighted by atomic mass is 16.4. The fraction of sp³-hybridized carbons (Fsp3) is 0.412. The van der Waals surface area contributed by atoms with E-state index in [9.17, 15) is 14.7 Å². The predicted molar refractivity (Wildman–Crippen MR) is 84.2 cm³/mol. The third kappa shape index (κ3) is 4.45. The number of carboxylic acid groups (broad SMARTS) is 1. The molecule has 0 saturated heterocycles. The van der Waals surface area contributed by atoms with E-state index in [2.05, 4.69) is 0 Å². The summed E-state index contributed by atoms with van der Waals surface area (Å²) in [6, 6.07) is 3.40. The Labute approximate surface area is 125 Å². The number of benzene rings is 1. The van der Waals surface area contributed by atoms with Crippen molar-refractivity contribution in [3.05, 3.63) is 40.0 Å². The van der Waals surface area contributed by atoms with Crippen LogP contribution in [0.1, 0.15) is 60.7 Å². The number of carbonyl (C=O) groups is 2. The molecule has 1 amide bonds. The molecule has 0 heterocycles. The molecule has 0 radical (unpaired) electrons. The van der Waals surface area contributed by atoms with Crippen molar-refractivity contribution in [1.29, 1.82) is 0 Å². The molecular weight excluding hydrogens is 266 g/mol. The quantitative estimate of drug-likeness (QED) is 0.756. The number of hydrogen-bond acceptors (Lipinski definition) is 2. The summed E-state index contributed by atoms with van der Waals surface area (Å²) in [4.78, 5) is 22.5. The Bertz CT molecular complexity index is 546. The van der Waals surface area contributed by atoms with E-state index in [4.69, 9.17) is 5.73 Å². The molecule has 114 valence electrons. The Kier molecular flexibility index (Phi) is 6.15. The van der Waals surface area contributed by atoms with Gasteiger partial charge in [0.05, 0.1) is 5.56 Å². The van der Waals surface area contributed by atoms with E-state index in [1.165, 1.54) is 0 Å². The fourth-order valence-corrected chi connectivity index (χ4v) is 2.33. The van der Waals surface area contributed by atoms with Gasteiger partial charge in [-0.05, 0) is 54.7 Å². The number of aryl methyl sites for hydroxylation is 2. The van der Waals surface area contributed by atoms with Crippen molar-refractivity contribution in [1.82, 2.24) is 0 Å². The molecule has 0 aliphatic heterocycles. The van der Waals surface area contributed by atoms with Gasteiger partial charge >= 0.3 is 5.97 Å². The lowest BCUT2D eigenvalue weighted by Gasteiger charge is -2.14. The first-order valence-corrected chi connectivity index (χ1v) is 7.27. The first kappa shape index (κ1) is 17.0. The maximum Gasteiger partial charge on any atom is 0.335 e. The van der Waals surface area contributed by atoms with Gasteiger partial charge in [-0.2, -0.15) is 0 Å². The van der Waals surface area contributed by atoms with Crippen LogP contribution in [0, 0.1) is 0 Å². The highest BCUT2D eigenvalue weighted by Gasteiger charge is 2.13. The van der Waals surface area contributed by atoms with Crippen LogP contribution in [-0.4, -0.2) is 17.0 Å². The molecule has 4 heteroatoms. The van der Waals surface area contributed by atoms with Gasteiger partial charge < -0.3 is 10.8 Å². The zero-order valence-electron chi connectivity index (χ0n) is 12.9. The third-order valence-electron chi connectivity index (χ3n) is 3.39. The summed E-state index contributed by atoms with van der Waals surface area (Å²) in [7, 11) is 0. The van der Waals surface area contributed by atoms with E-state index in [0.29, 0.717) is 11.1 Å². The molecule has 1 aromatic rings.